The van der Waals surface area contributed by atoms with E-state index in [1.165, 1.54) is 11.1 Å². The van der Waals surface area contributed by atoms with E-state index in [1.807, 2.05) is 12.1 Å². The molecule has 0 aliphatic heterocycles. The number of aromatic nitrogens is 2. The van der Waals surface area contributed by atoms with Crippen LogP contribution in [0.15, 0.2) is 30.7 Å². The van der Waals surface area contributed by atoms with Crippen molar-refractivity contribution in [1.29, 1.82) is 0 Å². The van der Waals surface area contributed by atoms with Gasteiger partial charge in [0, 0.05) is 24.3 Å². The molecule has 3 rings (SSSR count). The first-order valence-electron chi connectivity index (χ1n) is 6.97. The van der Waals surface area contributed by atoms with Gasteiger partial charge in [0.05, 0.1) is 5.69 Å². The summed E-state index contributed by atoms with van der Waals surface area (Å²) in [5.41, 5.74) is 4.58. The Kier molecular flexibility index (Phi) is 3.40. The van der Waals surface area contributed by atoms with Crippen LogP contribution in [0.5, 0.6) is 5.75 Å². The van der Waals surface area contributed by atoms with E-state index in [2.05, 4.69) is 29.1 Å². The molecule has 0 radical (unpaired) electrons. The van der Waals surface area contributed by atoms with Crippen molar-refractivity contribution in [3.8, 4) is 5.75 Å². The van der Waals surface area contributed by atoms with E-state index >= 15 is 0 Å². The lowest BCUT2D eigenvalue weighted by Crippen LogP contribution is -2.19. The third-order valence-corrected chi connectivity index (χ3v) is 4.09. The molecule has 1 aliphatic rings. The maximum Gasteiger partial charge on any atom is 0.120 e. The first kappa shape index (κ1) is 13.1. The molecule has 20 heavy (non-hydrogen) atoms. The molecule has 4 nitrogen and oxygen atoms in total. The lowest BCUT2D eigenvalue weighted by atomic mass is 9.97. The first-order valence-corrected chi connectivity index (χ1v) is 6.97. The zero-order valence-corrected chi connectivity index (χ0v) is 11.8. The molecule has 4 heteroatoms. The van der Waals surface area contributed by atoms with Crippen molar-refractivity contribution < 1.29 is 5.11 Å². The van der Waals surface area contributed by atoms with Crippen LogP contribution in [-0.2, 0) is 6.54 Å². The molecule has 1 heterocycles. The van der Waals surface area contributed by atoms with Crippen molar-refractivity contribution >= 4 is 0 Å². The SMILES string of the molecule is Cc1ccc(O)c2c1C(C)CC2NCc1ccncn1. The number of fused-ring (bicyclic) bond motifs is 1. The third kappa shape index (κ3) is 2.27. The second-order valence-corrected chi connectivity index (χ2v) is 5.50. The topological polar surface area (TPSA) is 58.0 Å². The maximum atomic E-state index is 10.2. The number of hydrogen-bond acceptors (Lipinski definition) is 4. The second kappa shape index (κ2) is 5.21. The van der Waals surface area contributed by atoms with Gasteiger partial charge in [-0.2, -0.15) is 0 Å². The molecular weight excluding hydrogens is 250 g/mol. The quantitative estimate of drug-likeness (QED) is 0.899. The maximum absolute atomic E-state index is 10.2. The number of aromatic hydroxyl groups is 1. The monoisotopic (exact) mass is 269 g/mol. The van der Waals surface area contributed by atoms with Gasteiger partial charge < -0.3 is 10.4 Å². The molecular formula is C16H19N3O. The third-order valence-electron chi connectivity index (χ3n) is 4.09. The highest BCUT2D eigenvalue weighted by atomic mass is 16.3. The van der Waals surface area contributed by atoms with Gasteiger partial charge in [-0.3, -0.25) is 0 Å². The molecule has 2 N–H and O–H groups in total. The van der Waals surface area contributed by atoms with Gasteiger partial charge in [0.15, 0.2) is 0 Å². The van der Waals surface area contributed by atoms with Crippen molar-refractivity contribution in [2.45, 2.75) is 38.8 Å². The second-order valence-electron chi connectivity index (χ2n) is 5.50. The van der Waals surface area contributed by atoms with Gasteiger partial charge in [-0.1, -0.05) is 13.0 Å². The Morgan fingerprint density at radius 2 is 2.15 bits per heavy atom. The van der Waals surface area contributed by atoms with Crippen molar-refractivity contribution in [3.05, 3.63) is 53.1 Å². The van der Waals surface area contributed by atoms with E-state index in [9.17, 15) is 5.11 Å². The lowest BCUT2D eigenvalue weighted by molar-refractivity contribution is 0.444. The van der Waals surface area contributed by atoms with Gasteiger partial charge in [-0.15, -0.1) is 0 Å². The van der Waals surface area contributed by atoms with Crippen LogP contribution >= 0.6 is 0 Å². The molecule has 0 bridgehead atoms. The van der Waals surface area contributed by atoms with Gasteiger partial charge >= 0.3 is 0 Å². The zero-order valence-electron chi connectivity index (χ0n) is 11.8. The standard InChI is InChI=1S/C16H19N3O/c1-10-3-4-14(20)16-13(7-11(2)15(10)16)18-8-12-5-6-17-9-19-12/h3-6,9,11,13,18,20H,7-8H2,1-2H3. The average molecular weight is 269 g/mol. The molecule has 0 amide bonds. The number of aryl methyl sites for hydroxylation is 1. The van der Waals surface area contributed by atoms with Gasteiger partial charge in [0.25, 0.3) is 0 Å². The van der Waals surface area contributed by atoms with Crippen molar-refractivity contribution in [2.75, 3.05) is 0 Å². The van der Waals surface area contributed by atoms with Crippen LogP contribution in [0.2, 0.25) is 0 Å². The Morgan fingerprint density at radius 3 is 2.90 bits per heavy atom. The number of benzene rings is 1. The van der Waals surface area contributed by atoms with E-state index in [0.717, 1.165) is 17.7 Å². The molecule has 1 aromatic heterocycles. The number of nitrogens with one attached hydrogen (secondary N) is 1. The first-order chi connectivity index (χ1) is 9.66. The fourth-order valence-corrected chi connectivity index (χ4v) is 3.18. The molecule has 2 unspecified atom stereocenters. The van der Waals surface area contributed by atoms with Crippen LogP contribution in [0.3, 0.4) is 0 Å². The van der Waals surface area contributed by atoms with Crippen LogP contribution in [0.25, 0.3) is 0 Å². The predicted molar refractivity (Wildman–Crippen MR) is 77.5 cm³/mol. The highest BCUT2D eigenvalue weighted by Crippen LogP contribution is 2.45. The van der Waals surface area contributed by atoms with Crippen molar-refractivity contribution in [1.82, 2.24) is 15.3 Å². The van der Waals surface area contributed by atoms with Gasteiger partial charge in [-0.05, 0) is 42.5 Å². The summed E-state index contributed by atoms with van der Waals surface area (Å²) in [6.45, 7) is 5.02. The Labute approximate surface area is 118 Å². The van der Waals surface area contributed by atoms with Crippen LogP contribution in [0, 0.1) is 6.92 Å². The van der Waals surface area contributed by atoms with Crippen LogP contribution in [0.1, 0.15) is 47.7 Å². The molecule has 0 saturated carbocycles. The zero-order chi connectivity index (χ0) is 14.1. The normalized spacial score (nSPS) is 20.9. The van der Waals surface area contributed by atoms with Crippen LogP contribution < -0.4 is 5.32 Å². The summed E-state index contributed by atoms with van der Waals surface area (Å²) in [5, 5.41) is 13.7. The predicted octanol–water partition coefficient (Wildman–Crippen LogP) is 2.83. The Morgan fingerprint density at radius 1 is 1.30 bits per heavy atom. The smallest absolute Gasteiger partial charge is 0.120 e. The Balaban J connectivity index is 1.83. The lowest BCUT2D eigenvalue weighted by Gasteiger charge is -2.15. The molecule has 0 saturated heterocycles. The van der Waals surface area contributed by atoms with Gasteiger partial charge in [0.1, 0.15) is 12.1 Å². The summed E-state index contributed by atoms with van der Waals surface area (Å²) < 4.78 is 0. The average Bonchev–Trinajstić information content (AvgIpc) is 2.80. The summed E-state index contributed by atoms with van der Waals surface area (Å²) in [6.07, 6.45) is 4.32. The molecule has 0 fully saturated rings. The number of hydrogen-bond donors (Lipinski definition) is 2. The molecule has 2 aromatic rings. The fourth-order valence-electron chi connectivity index (χ4n) is 3.18. The number of rotatable bonds is 3. The number of phenolic OH excluding ortho intramolecular Hbond substituents is 1. The summed E-state index contributed by atoms with van der Waals surface area (Å²) in [7, 11) is 0. The van der Waals surface area contributed by atoms with E-state index in [-0.39, 0.29) is 6.04 Å². The Hall–Kier alpha value is -1.94. The van der Waals surface area contributed by atoms with Crippen LogP contribution in [-0.4, -0.2) is 15.1 Å². The highest BCUT2D eigenvalue weighted by molar-refractivity contribution is 5.50. The fraction of sp³-hybridized carbons (Fsp3) is 0.375. The van der Waals surface area contributed by atoms with E-state index in [1.54, 1.807) is 18.6 Å². The molecule has 2 atom stereocenters. The minimum absolute atomic E-state index is 0.190. The van der Waals surface area contributed by atoms with E-state index in [0.29, 0.717) is 18.2 Å². The number of nitrogens with zero attached hydrogens (tertiary/aromatic N) is 2. The minimum atomic E-state index is 0.190. The highest BCUT2D eigenvalue weighted by Gasteiger charge is 2.31. The summed E-state index contributed by atoms with van der Waals surface area (Å²) in [4.78, 5) is 8.14. The summed E-state index contributed by atoms with van der Waals surface area (Å²) >= 11 is 0. The molecule has 104 valence electrons. The minimum Gasteiger partial charge on any atom is -0.508 e. The number of phenols is 1. The Bertz CT molecular complexity index is 613. The molecule has 0 spiro atoms. The van der Waals surface area contributed by atoms with Gasteiger partial charge in [0.2, 0.25) is 0 Å². The molecule has 1 aromatic carbocycles. The largest absolute Gasteiger partial charge is 0.508 e. The van der Waals surface area contributed by atoms with Crippen molar-refractivity contribution in [2.24, 2.45) is 0 Å². The van der Waals surface area contributed by atoms with E-state index in [4.69, 9.17) is 0 Å². The van der Waals surface area contributed by atoms with Crippen molar-refractivity contribution in [3.63, 3.8) is 0 Å². The van der Waals surface area contributed by atoms with E-state index < -0.39 is 0 Å². The van der Waals surface area contributed by atoms with Crippen LogP contribution in [0.4, 0.5) is 0 Å². The summed E-state index contributed by atoms with van der Waals surface area (Å²) in [5.74, 6) is 0.870. The van der Waals surface area contributed by atoms with Gasteiger partial charge in [-0.25, -0.2) is 9.97 Å². The molecule has 1 aliphatic carbocycles. The summed E-state index contributed by atoms with van der Waals surface area (Å²) in [6, 6.07) is 5.89.